The van der Waals surface area contributed by atoms with Gasteiger partial charge in [-0.25, -0.2) is 0 Å². The van der Waals surface area contributed by atoms with Crippen molar-refractivity contribution in [2.75, 3.05) is 13.2 Å². The van der Waals surface area contributed by atoms with Gasteiger partial charge in [0.05, 0.1) is 0 Å². The molecule has 0 N–H and O–H groups in total. The standard InChI is InChI=1S/C60H108O6/c1-4-7-10-13-16-19-22-25-28-29-30-31-33-35-38-41-44-47-50-53-59(62)65-56-57(55-64-58(61)52-49-46-43-40-37-34-27-24-21-18-15-12-9-6-3)66-60(63)54-51-48-45-42-39-36-32-26-23-20-17-14-11-8-5-2/h16-17,19-20,25-26,28,32,57H,4-15,18,21-24,27,29-31,33-56H2,1-3H3/b19-16-,20-17-,28-25-,32-26-. The van der Waals surface area contributed by atoms with Crippen LogP contribution >= 0.6 is 0 Å². The normalized spacial score (nSPS) is 12.3. The molecule has 0 aromatic rings. The zero-order chi connectivity index (χ0) is 47.9. The topological polar surface area (TPSA) is 78.9 Å². The van der Waals surface area contributed by atoms with Crippen LogP contribution in [0, 0.1) is 0 Å². The predicted molar refractivity (Wildman–Crippen MR) is 284 cm³/mol. The third-order valence-corrected chi connectivity index (χ3v) is 12.6. The van der Waals surface area contributed by atoms with E-state index in [1.165, 1.54) is 167 Å². The van der Waals surface area contributed by atoms with Gasteiger partial charge in [-0.05, 0) is 83.5 Å². The van der Waals surface area contributed by atoms with E-state index in [4.69, 9.17) is 14.2 Å². The number of unbranched alkanes of at least 4 members (excludes halogenated alkanes) is 33. The van der Waals surface area contributed by atoms with Gasteiger partial charge >= 0.3 is 17.9 Å². The summed E-state index contributed by atoms with van der Waals surface area (Å²) in [4.78, 5) is 38.1. The van der Waals surface area contributed by atoms with Crippen LogP contribution in [-0.4, -0.2) is 37.2 Å². The van der Waals surface area contributed by atoms with Crippen LogP contribution in [0.2, 0.25) is 0 Å². The molecular weight excluding hydrogens is 817 g/mol. The van der Waals surface area contributed by atoms with Gasteiger partial charge in [0.1, 0.15) is 13.2 Å². The Morgan fingerprint density at radius 1 is 0.303 bits per heavy atom. The van der Waals surface area contributed by atoms with E-state index in [0.29, 0.717) is 19.3 Å². The van der Waals surface area contributed by atoms with E-state index < -0.39 is 6.10 Å². The van der Waals surface area contributed by atoms with Crippen LogP contribution < -0.4 is 0 Å². The van der Waals surface area contributed by atoms with E-state index in [0.717, 1.165) is 89.9 Å². The highest BCUT2D eigenvalue weighted by atomic mass is 16.6. The minimum atomic E-state index is -0.780. The largest absolute Gasteiger partial charge is 0.462 e. The Bertz CT molecular complexity index is 1150. The molecule has 66 heavy (non-hydrogen) atoms. The lowest BCUT2D eigenvalue weighted by Crippen LogP contribution is -2.30. The Balaban J connectivity index is 4.36. The average molecular weight is 926 g/mol. The maximum absolute atomic E-state index is 12.8. The number of esters is 3. The number of carbonyl (C=O) groups excluding carboxylic acids is 3. The predicted octanol–water partition coefficient (Wildman–Crippen LogP) is 19.0. The molecule has 0 aliphatic carbocycles. The first kappa shape index (κ1) is 63.4. The summed E-state index contributed by atoms with van der Waals surface area (Å²) >= 11 is 0. The first-order chi connectivity index (χ1) is 32.5. The average Bonchev–Trinajstić information content (AvgIpc) is 3.31. The molecule has 0 aliphatic heterocycles. The summed E-state index contributed by atoms with van der Waals surface area (Å²) in [5.41, 5.74) is 0. The van der Waals surface area contributed by atoms with Gasteiger partial charge in [0, 0.05) is 19.3 Å². The number of allylic oxidation sites excluding steroid dienone is 8. The molecule has 384 valence electrons. The van der Waals surface area contributed by atoms with E-state index in [1.807, 2.05) is 0 Å². The molecule has 0 rings (SSSR count). The molecule has 0 aliphatic rings. The van der Waals surface area contributed by atoms with Crippen molar-refractivity contribution in [2.24, 2.45) is 0 Å². The van der Waals surface area contributed by atoms with Crippen LogP contribution in [0.3, 0.4) is 0 Å². The van der Waals surface area contributed by atoms with Crippen molar-refractivity contribution in [1.29, 1.82) is 0 Å². The summed E-state index contributed by atoms with van der Waals surface area (Å²) in [5.74, 6) is -0.882. The molecule has 0 aromatic heterocycles. The first-order valence-corrected chi connectivity index (χ1v) is 28.6. The van der Waals surface area contributed by atoms with Crippen LogP contribution in [0.4, 0.5) is 0 Å². The van der Waals surface area contributed by atoms with Crippen LogP contribution in [0.1, 0.15) is 297 Å². The van der Waals surface area contributed by atoms with Crippen molar-refractivity contribution in [3.8, 4) is 0 Å². The number of ether oxygens (including phenoxy) is 3. The summed E-state index contributed by atoms with van der Waals surface area (Å²) in [6.45, 7) is 6.60. The quantitative estimate of drug-likeness (QED) is 0.0262. The zero-order valence-corrected chi connectivity index (χ0v) is 44.0. The Morgan fingerprint density at radius 3 is 0.864 bits per heavy atom. The molecule has 0 amide bonds. The van der Waals surface area contributed by atoms with Gasteiger partial charge in [0.15, 0.2) is 6.10 Å². The molecule has 0 bridgehead atoms. The second kappa shape index (κ2) is 55.0. The summed E-state index contributed by atoms with van der Waals surface area (Å²) < 4.78 is 16.9. The smallest absolute Gasteiger partial charge is 0.306 e. The molecule has 1 unspecified atom stereocenters. The monoisotopic (exact) mass is 925 g/mol. The summed E-state index contributed by atoms with van der Waals surface area (Å²) in [5, 5.41) is 0. The molecule has 6 nitrogen and oxygen atoms in total. The van der Waals surface area contributed by atoms with Crippen LogP contribution in [0.5, 0.6) is 0 Å². The van der Waals surface area contributed by atoms with Crippen molar-refractivity contribution in [3.05, 3.63) is 48.6 Å². The van der Waals surface area contributed by atoms with Gasteiger partial charge in [-0.3, -0.25) is 14.4 Å². The molecular formula is C60H108O6. The summed E-state index contributed by atoms with van der Waals surface area (Å²) in [7, 11) is 0. The van der Waals surface area contributed by atoms with Gasteiger partial charge in [0.2, 0.25) is 0 Å². The summed E-state index contributed by atoms with van der Waals surface area (Å²) in [6, 6.07) is 0. The lowest BCUT2D eigenvalue weighted by atomic mass is 10.0. The maximum Gasteiger partial charge on any atom is 0.306 e. The third-order valence-electron chi connectivity index (χ3n) is 12.6. The van der Waals surface area contributed by atoms with Crippen molar-refractivity contribution in [1.82, 2.24) is 0 Å². The molecule has 0 radical (unpaired) electrons. The SMILES string of the molecule is CCCCC/C=C\C/C=C\CCCCCCCCCCCC(=O)OCC(COC(=O)CCCCCCCCCCCCCCCC)OC(=O)CCCCCCC/C=C\C/C=C\CCCCC. The van der Waals surface area contributed by atoms with E-state index in [1.54, 1.807) is 0 Å². The fraction of sp³-hybridized carbons (Fsp3) is 0.817. The lowest BCUT2D eigenvalue weighted by Gasteiger charge is -2.18. The van der Waals surface area contributed by atoms with E-state index in [9.17, 15) is 14.4 Å². The van der Waals surface area contributed by atoms with Crippen LogP contribution in [0.25, 0.3) is 0 Å². The minimum absolute atomic E-state index is 0.0772. The number of hydrogen-bond acceptors (Lipinski definition) is 6. The minimum Gasteiger partial charge on any atom is -0.462 e. The molecule has 1 atom stereocenters. The number of hydrogen-bond donors (Lipinski definition) is 0. The van der Waals surface area contributed by atoms with Gasteiger partial charge in [0.25, 0.3) is 0 Å². The van der Waals surface area contributed by atoms with Crippen molar-refractivity contribution < 1.29 is 28.6 Å². The fourth-order valence-electron chi connectivity index (χ4n) is 8.21. The highest BCUT2D eigenvalue weighted by Crippen LogP contribution is 2.16. The third kappa shape index (κ3) is 52.3. The Hall–Kier alpha value is -2.63. The maximum atomic E-state index is 12.8. The Kier molecular flexibility index (Phi) is 52.8. The van der Waals surface area contributed by atoms with Crippen LogP contribution in [-0.2, 0) is 28.6 Å². The molecule has 0 saturated carbocycles. The lowest BCUT2D eigenvalue weighted by molar-refractivity contribution is -0.167. The van der Waals surface area contributed by atoms with E-state index >= 15 is 0 Å². The molecule has 0 fully saturated rings. The Morgan fingerprint density at radius 2 is 0.545 bits per heavy atom. The van der Waals surface area contributed by atoms with Crippen molar-refractivity contribution >= 4 is 17.9 Å². The molecule has 0 spiro atoms. The summed E-state index contributed by atoms with van der Waals surface area (Å²) in [6.07, 6.45) is 66.6. The highest BCUT2D eigenvalue weighted by Gasteiger charge is 2.19. The van der Waals surface area contributed by atoms with Gasteiger partial charge in [-0.2, -0.15) is 0 Å². The number of rotatable bonds is 52. The second-order valence-corrected chi connectivity index (χ2v) is 19.2. The molecule has 0 heterocycles. The van der Waals surface area contributed by atoms with Gasteiger partial charge in [-0.1, -0.05) is 243 Å². The molecule has 6 heteroatoms. The second-order valence-electron chi connectivity index (χ2n) is 19.2. The number of carbonyl (C=O) groups is 3. The van der Waals surface area contributed by atoms with Crippen LogP contribution in [0.15, 0.2) is 48.6 Å². The van der Waals surface area contributed by atoms with Gasteiger partial charge in [-0.15, -0.1) is 0 Å². The zero-order valence-electron chi connectivity index (χ0n) is 44.0. The first-order valence-electron chi connectivity index (χ1n) is 28.6. The Labute approximate surface area is 409 Å². The molecule has 0 aromatic carbocycles. The fourth-order valence-corrected chi connectivity index (χ4v) is 8.21. The molecule has 0 saturated heterocycles. The van der Waals surface area contributed by atoms with Crippen molar-refractivity contribution in [2.45, 2.75) is 303 Å². The van der Waals surface area contributed by atoms with Gasteiger partial charge < -0.3 is 14.2 Å². The van der Waals surface area contributed by atoms with E-state index in [2.05, 4.69) is 69.4 Å². The van der Waals surface area contributed by atoms with E-state index in [-0.39, 0.29) is 31.1 Å². The highest BCUT2D eigenvalue weighted by molar-refractivity contribution is 5.71. The van der Waals surface area contributed by atoms with Crippen molar-refractivity contribution in [3.63, 3.8) is 0 Å².